The Morgan fingerprint density at radius 1 is 1.56 bits per heavy atom. The van der Waals surface area contributed by atoms with E-state index in [-0.39, 0.29) is 5.54 Å². The Labute approximate surface area is 103 Å². The Hall–Kier alpha value is -0.380. The maximum atomic E-state index is 3.49. The van der Waals surface area contributed by atoms with E-state index in [1.807, 2.05) is 11.3 Å². The van der Waals surface area contributed by atoms with Crippen LogP contribution in [0.4, 0.5) is 0 Å². The van der Waals surface area contributed by atoms with Gasteiger partial charge in [-0.3, -0.25) is 4.90 Å². The average Bonchev–Trinajstić information content (AvgIpc) is 2.75. The van der Waals surface area contributed by atoms with Gasteiger partial charge in [-0.05, 0) is 31.7 Å². The van der Waals surface area contributed by atoms with Crippen LogP contribution in [-0.2, 0) is 0 Å². The molecule has 1 saturated heterocycles. The molecule has 16 heavy (non-hydrogen) atoms. The van der Waals surface area contributed by atoms with Crippen LogP contribution in [0.2, 0.25) is 0 Å². The predicted octanol–water partition coefficient (Wildman–Crippen LogP) is 2.88. The van der Waals surface area contributed by atoms with Gasteiger partial charge in [0.05, 0.1) is 0 Å². The number of nitrogens with one attached hydrogen (secondary N) is 1. The van der Waals surface area contributed by atoms with Gasteiger partial charge in [0.15, 0.2) is 0 Å². The van der Waals surface area contributed by atoms with Crippen molar-refractivity contribution in [1.29, 1.82) is 0 Å². The van der Waals surface area contributed by atoms with Gasteiger partial charge in [0.1, 0.15) is 0 Å². The summed E-state index contributed by atoms with van der Waals surface area (Å²) in [4.78, 5) is 4.17. The van der Waals surface area contributed by atoms with Gasteiger partial charge in [-0.25, -0.2) is 0 Å². The molecular weight excluding hydrogens is 216 g/mol. The van der Waals surface area contributed by atoms with Crippen LogP contribution in [0, 0.1) is 0 Å². The van der Waals surface area contributed by atoms with Gasteiger partial charge >= 0.3 is 0 Å². The standard InChI is InChI=1S/C13H22N2S/c1-4-11(12-6-5-9-16-12)15-8-7-14-10-13(15,2)3/h5-6,9,11,14H,4,7-8,10H2,1-3H3. The van der Waals surface area contributed by atoms with Crippen molar-refractivity contribution in [2.75, 3.05) is 19.6 Å². The topological polar surface area (TPSA) is 15.3 Å². The van der Waals surface area contributed by atoms with E-state index >= 15 is 0 Å². The molecule has 0 aromatic carbocycles. The molecule has 1 fully saturated rings. The van der Waals surface area contributed by atoms with Crippen LogP contribution < -0.4 is 5.32 Å². The molecule has 0 radical (unpaired) electrons. The summed E-state index contributed by atoms with van der Waals surface area (Å²) in [6, 6.07) is 5.03. The molecule has 1 unspecified atom stereocenters. The fraction of sp³-hybridized carbons (Fsp3) is 0.692. The minimum absolute atomic E-state index is 0.267. The van der Waals surface area contributed by atoms with E-state index in [0.29, 0.717) is 6.04 Å². The molecule has 90 valence electrons. The van der Waals surface area contributed by atoms with Gasteiger partial charge in [0, 0.05) is 36.1 Å². The van der Waals surface area contributed by atoms with Crippen molar-refractivity contribution in [1.82, 2.24) is 10.2 Å². The summed E-state index contributed by atoms with van der Waals surface area (Å²) >= 11 is 1.89. The SMILES string of the molecule is CCC(c1cccs1)N1CCNCC1(C)C. The van der Waals surface area contributed by atoms with Crippen LogP contribution in [0.3, 0.4) is 0 Å². The van der Waals surface area contributed by atoms with Gasteiger partial charge in [0.2, 0.25) is 0 Å². The lowest BCUT2D eigenvalue weighted by Crippen LogP contribution is -2.58. The zero-order chi connectivity index (χ0) is 11.6. The number of rotatable bonds is 3. The van der Waals surface area contributed by atoms with E-state index in [0.717, 1.165) is 19.6 Å². The molecule has 2 rings (SSSR count). The van der Waals surface area contributed by atoms with Crippen LogP contribution in [-0.4, -0.2) is 30.1 Å². The molecule has 0 saturated carbocycles. The minimum atomic E-state index is 0.267. The molecule has 0 spiro atoms. The summed E-state index contributed by atoms with van der Waals surface area (Å²) in [5.74, 6) is 0. The summed E-state index contributed by atoms with van der Waals surface area (Å²) < 4.78 is 0. The lowest BCUT2D eigenvalue weighted by molar-refractivity contribution is 0.0436. The van der Waals surface area contributed by atoms with Gasteiger partial charge in [-0.2, -0.15) is 0 Å². The number of hydrogen-bond donors (Lipinski definition) is 1. The van der Waals surface area contributed by atoms with E-state index in [1.54, 1.807) is 0 Å². The van der Waals surface area contributed by atoms with Crippen molar-refractivity contribution in [3.05, 3.63) is 22.4 Å². The van der Waals surface area contributed by atoms with Crippen molar-refractivity contribution in [3.8, 4) is 0 Å². The first-order chi connectivity index (χ1) is 7.65. The molecule has 0 amide bonds. The van der Waals surface area contributed by atoms with E-state index in [1.165, 1.54) is 11.3 Å². The number of nitrogens with zero attached hydrogens (tertiary/aromatic N) is 1. The summed E-state index contributed by atoms with van der Waals surface area (Å²) in [7, 11) is 0. The Morgan fingerprint density at radius 2 is 2.38 bits per heavy atom. The van der Waals surface area contributed by atoms with Crippen LogP contribution in [0.25, 0.3) is 0 Å². The smallest absolute Gasteiger partial charge is 0.0445 e. The molecule has 1 N–H and O–H groups in total. The van der Waals surface area contributed by atoms with Gasteiger partial charge in [-0.15, -0.1) is 11.3 Å². The highest BCUT2D eigenvalue weighted by Crippen LogP contribution is 2.33. The van der Waals surface area contributed by atoms with Gasteiger partial charge in [-0.1, -0.05) is 13.0 Å². The molecule has 1 atom stereocenters. The molecule has 0 bridgehead atoms. The Bertz CT molecular complexity index is 319. The third-order valence-electron chi connectivity index (χ3n) is 3.50. The van der Waals surface area contributed by atoms with Crippen molar-refractivity contribution in [2.24, 2.45) is 0 Å². The van der Waals surface area contributed by atoms with Crippen molar-refractivity contribution in [3.63, 3.8) is 0 Å². The third kappa shape index (κ3) is 2.31. The maximum absolute atomic E-state index is 3.49. The zero-order valence-corrected chi connectivity index (χ0v) is 11.3. The van der Waals surface area contributed by atoms with Crippen LogP contribution in [0.5, 0.6) is 0 Å². The first-order valence-corrected chi connectivity index (χ1v) is 7.04. The van der Waals surface area contributed by atoms with Crippen molar-refractivity contribution < 1.29 is 0 Å². The molecule has 0 aliphatic carbocycles. The second-order valence-corrected chi connectivity index (χ2v) is 6.10. The van der Waals surface area contributed by atoms with Gasteiger partial charge < -0.3 is 5.32 Å². The molecule has 1 aliphatic rings. The quantitative estimate of drug-likeness (QED) is 0.871. The Kier molecular flexibility index (Phi) is 3.67. The molecule has 1 aromatic heterocycles. The van der Waals surface area contributed by atoms with E-state index in [2.05, 4.69) is 48.5 Å². The summed E-state index contributed by atoms with van der Waals surface area (Å²) in [5.41, 5.74) is 0.267. The van der Waals surface area contributed by atoms with Crippen LogP contribution in [0.1, 0.15) is 38.1 Å². The Morgan fingerprint density at radius 3 is 2.94 bits per heavy atom. The zero-order valence-electron chi connectivity index (χ0n) is 10.5. The lowest BCUT2D eigenvalue weighted by atomic mass is 9.96. The summed E-state index contributed by atoms with van der Waals surface area (Å²) in [6.45, 7) is 10.3. The third-order valence-corrected chi connectivity index (χ3v) is 4.47. The lowest BCUT2D eigenvalue weighted by Gasteiger charge is -2.47. The van der Waals surface area contributed by atoms with E-state index in [9.17, 15) is 0 Å². The number of piperazine rings is 1. The summed E-state index contributed by atoms with van der Waals surface area (Å²) in [5, 5.41) is 5.68. The minimum Gasteiger partial charge on any atom is -0.314 e. The van der Waals surface area contributed by atoms with Crippen LogP contribution in [0.15, 0.2) is 17.5 Å². The molecule has 1 aromatic rings. The summed E-state index contributed by atoms with van der Waals surface area (Å²) in [6.07, 6.45) is 1.20. The maximum Gasteiger partial charge on any atom is 0.0445 e. The fourth-order valence-corrected chi connectivity index (χ4v) is 3.55. The molecule has 3 heteroatoms. The first-order valence-electron chi connectivity index (χ1n) is 6.16. The first kappa shape index (κ1) is 12.1. The monoisotopic (exact) mass is 238 g/mol. The highest BCUT2D eigenvalue weighted by molar-refractivity contribution is 7.10. The van der Waals surface area contributed by atoms with E-state index in [4.69, 9.17) is 0 Å². The second-order valence-electron chi connectivity index (χ2n) is 5.12. The van der Waals surface area contributed by atoms with E-state index < -0.39 is 0 Å². The highest BCUT2D eigenvalue weighted by Gasteiger charge is 2.34. The number of hydrogen-bond acceptors (Lipinski definition) is 3. The number of thiophene rings is 1. The predicted molar refractivity (Wildman–Crippen MR) is 71.0 cm³/mol. The van der Waals surface area contributed by atoms with Crippen molar-refractivity contribution in [2.45, 2.75) is 38.8 Å². The van der Waals surface area contributed by atoms with Gasteiger partial charge in [0.25, 0.3) is 0 Å². The highest BCUT2D eigenvalue weighted by atomic mass is 32.1. The van der Waals surface area contributed by atoms with Crippen molar-refractivity contribution >= 4 is 11.3 Å². The molecule has 2 heterocycles. The average molecular weight is 238 g/mol. The molecule has 2 nitrogen and oxygen atoms in total. The largest absolute Gasteiger partial charge is 0.314 e. The Balaban J connectivity index is 2.20. The second kappa shape index (κ2) is 4.86. The normalized spacial score (nSPS) is 23.2. The van der Waals surface area contributed by atoms with Crippen LogP contribution >= 0.6 is 11.3 Å². The molecular formula is C13H22N2S. The fourth-order valence-electron chi connectivity index (χ4n) is 2.63. The molecule has 1 aliphatic heterocycles.